The van der Waals surface area contributed by atoms with Crippen LogP contribution in [0.15, 0.2) is 0 Å². The molecule has 1 rings (SSSR count). The number of carbonyl (C=O) groups is 1. The topological polar surface area (TPSA) is 29.5 Å². The van der Waals surface area contributed by atoms with Crippen molar-refractivity contribution in [2.45, 2.75) is 71.6 Å². The second-order valence-electron chi connectivity index (χ2n) is 5.38. The van der Waals surface area contributed by atoms with Crippen molar-refractivity contribution >= 4 is 6.09 Å². The molecule has 0 aromatic rings. The average Bonchev–Trinajstić information content (AvgIpc) is 2.43. The third-order valence-corrected chi connectivity index (χ3v) is 2.86. The number of hydrogen-bond acceptors (Lipinski definition) is 2. The molecule has 0 radical (unpaired) electrons. The molecule has 15 heavy (non-hydrogen) atoms. The van der Waals surface area contributed by atoms with Crippen molar-refractivity contribution in [3.8, 4) is 0 Å². The molecule has 0 saturated carbocycles. The zero-order valence-corrected chi connectivity index (χ0v) is 10.5. The van der Waals surface area contributed by atoms with Crippen molar-refractivity contribution < 1.29 is 9.53 Å². The van der Waals surface area contributed by atoms with Gasteiger partial charge in [0.25, 0.3) is 0 Å². The van der Waals surface area contributed by atoms with Gasteiger partial charge in [-0.3, -0.25) is 0 Å². The third-order valence-electron chi connectivity index (χ3n) is 2.86. The van der Waals surface area contributed by atoms with Gasteiger partial charge in [-0.05, 0) is 47.0 Å². The van der Waals surface area contributed by atoms with Gasteiger partial charge < -0.3 is 9.64 Å². The summed E-state index contributed by atoms with van der Waals surface area (Å²) < 4.78 is 5.41. The van der Waals surface area contributed by atoms with E-state index in [1.54, 1.807) is 0 Å². The molecule has 1 amide bonds. The lowest BCUT2D eigenvalue weighted by Crippen LogP contribution is -2.43. The Kier molecular flexibility index (Phi) is 3.63. The van der Waals surface area contributed by atoms with Gasteiger partial charge >= 0.3 is 6.09 Å². The first-order valence-corrected chi connectivity index (χ1v) is 5.86. The van der Waals surface area contributed by atoms with Gasteiger partial charge in [0, 0.05) is 12.1 Å². The lowest BCUT2D eigenvalue weighted by Gasteiger charge is -2.30. The summed E-state index contributed by atoms with van der Waals surface area (Å²) in [6, 6.07) is 0.694. The van der Waals surface area contributed by atoms with Gasteiger partial charge in [-0.15, -0.1) is 0 Å². The predicted octanol–water partition coefficient (Wildman–Crippen LogP) is 3.18. The SMILES string of the molecule is CCC1CCC(C)N1C(=O)OC(C)(C)C. The van der Waals surface area contributed by atoms with Crippen molar-refractivity contribution in [2.75, 3.05) is 0 Å². The molecular weight excluding hydrogens is 190 g/mol. The number of rotatable bonds is 1. The maximum absolute atomic E-state index is 11.9. The quantitative estimate of drug-likeness (QED) is 0.669. The Hall–Kier alpha value is -0.730. The lowest BCUT2D eigenvalue weighted by atomic mass is 10.1. The minimum absolute atomic E-state index is 0.153. The van der Waals surface area contributed by atoms with Crippen LogP contribution in [-0.2, 0) is 4.74 Å². The Balaban J connectivity index is 2.64. The van der Waals surface area contributed by atoms with E-state index in [1.165, 1.54) is 0 Å². The van der Waals surface area contributed by atoms with Crippen molar-refractivity contribution in [1.82, 2.24) is 4.90 Å². The van der Waals surface area contributed by atoms with Crippen LogP contribution >= 0.6 is 0 Å². The molecule has 2 atom stereocenters. The predicted molar refractivity (Wildman–Crippen MR) is 60.8 cm³/mol. The fourth-order valence-corrected chi connectivity index (χ4v) is 2.12. The summed E-state index contributed by atoms with van der Waals surface area (Å²) in [7, 11) is 0. The van der Waals surface area contributed by atoms with Crippen molar-refractivity contribution in [3.63, 3.8) is 0 Å². The maximum atomic E-state index is 11.9. The van der Waals surface area contributed by atoms with E-state index in [0.29, 0.717) is 12.1 Å². The highest BCUT2D eigenvalue weighted by Crippen LogP contribution is 2.27. The van der Waals surface area contributed by atoms with Gasteiger partial charge in [-0.25, -0.2) is 4.79 Å². The zero-order valence-electron chi connectivity index (χ0n) is 10.5. The molecule has 88 valence electrons. The molecule has 1 fully saturated rings. The summed E-state index contributed by atoms with van der Waals surface area (Å²) in [5, 5.41) is 0. The Bertz CT molecular complexity index is 232. The molecule has 0 aliphatic carbocycles. The average molecular weight is 213 g/mol. The normalized spacial score (nSPS) is 26.9. The highest BCUT2D eigenvalue weighted by molar-refractivity contribution is 5.69. The number of likely N-dealkylation sites (tertiary alicyclic amines) is 1. The first kappa shape index (κ1) is 12.3. The molecule has 1 aliphatic heterocycles. The van der Waals surface area contributed by atoms with Crippen LogP contribution in [-0.4, -0.2) is 28.7 Å². The van der Waals surface area contributed by atoms with Crippen LogP contribution in [0, 0.1) is 0 Å². The van der Waals surface area contributed by atoms with E-state index in [0.717, 1.165) is 19.3 Å². The van der Waals surface area contributed by atoms with Crippen LogP contribution < -0.4 is 0 Å². The summed E-state index contributed by atoms with van der Waals surface area (Å²) in [6.07, 6.45) is 3.07. The van der Waals surface area contributed by atoms with E-state index in [1.807, 2.05) is 25.7 Å². The number of amides is 1. The molecule has 0 aromatic heterocycles. The van der Waals surface area contributed by atoms with E-state index in [2.05, 4.69) is 13.8 Å². The molecule has 0 bridgehead atoms. The Morgan fingerprint density at radius 3 is 2.47 bits per heavy atom. The smallest absolute Gasteiger partial charge is 0.410 e. The number of hydrogen-bond donors (Lipinski definition) is 0. The van der Waals surface area contributed by atoms with Crippen LogP contribution in [0.1, 0.15) is 53.9 Å². The largest absolute Gasteiger partial charge is 0.444 e. The highest BCUT2D eigenvalue weighted by Gasteiger charge is 2.35. The zero-order chi connectivity index (χ0) is 11.6. The van der Waals surface area contributed by atoms with Gasteiger partial charge in [-0.2, -0.15) is 0 Å². The van der Waals surface area contributed by atoms with E-state index in [4.69, 9.17) is 4.74 Å². The van der Waals surface area contributed by atoms with Gasteiger partial charge in [0.2, 0.25) is 0 Å². The molecule has 1 saturated heterocycles. The first-order valence-electron chi connectivity index (χ1n) is 5.86. The summed E-state index contributed by atoms with van der Waals surface area (Å²) >= 11 is 0. The molecule has 1 heterocycles. The third kappa shape index (κ3) is 3.11. The number of nitrogens with zero attached hydrogens (tertiary/aromatic N) is 1. The van der Waals surface area contributed by atoms with Crippen LogP contribution in [0.2, 0.25) is 0 Å². The fourth-order valence-electron chi connectivity index (χ4n) is 2.12. The van der Waals surface area contributed by atoms with E-state index < -0.39 is 5.60 Å². The Morgan fingerprint density at radius 2 is 2.00 bits per heavy atom. The summed E-state index contributed by atoms with van der Waals surface area (Å²) in [6.45, 7) is 9.95. The number of ether oxygens (including phenoxy) is 1. The minimum atomic E-state index is -0.391. The molecular formula is C12H23NO2. The van der Waals surface area contributed by atoms with Crippen LogP contribution in [0.5, 0.6) is 0 Å². The van der Waals surface area contributed by atoms with Crippen LogP contribution in [0.4, 0.5) is 4.79 Å². The van der Waals surface area contributed by atoms with Crippen LogP contribution in [0.25, 0.3) is 0 Å². The number of carbonyl (C=O) groups excluding carboxylic acids is 1. The van der Waals surface area contributed by atoms with E-state index >= 15 is 0 Å². The molecule has 1 aliphatic rings. The van der Waals surface area contributed by atoms with Gasteiger partial charge in [0.05, 0.1) is 0 Å². The van der Waals surface area contributed by atoms with Crippen molar-refractivity contribution in [3.05, 3.63) is 0 Å². The summed E-state index contributed by atoms with van der Waals surface area (Å²) in [5.74, 6) is 0. The second-order valence-corrected chi connectivity index (χ2v) is 5.38. The Morgan fingerprint density at radius 1 is 1.40 bits per heavy atom. The maximum Gasteiger partial charge on any atom is 0.410 e. The van der Waals surface area contributed by atoms with Gasteiger partial charge in [0.1, 0.15) is 5.60 Å². The summed E-state index contributed by atoms with van der Waals surface area (Å²) in [5.41, 5.74) is -0.391. The van der Waals surface area contributed by atoms with Crippen LogP contribution in [0.3, 0.4) is 0 Å². The minimum Gasteiger partial charge on any atom is -0.444 e. The first-order chi connectivity index (χ1) is 6.85. The van der Waals surface area contributed by atoms with Crippen molar-refractivity contribution in [1.29, 1.82) is 0 Å². The lowest BCUT2D eigenvalue weighted by molar-refractivity contribution is 0.0157. The molecule has 0 aromatic carbocycles. The fraction of sp³-hybridized carbons (Fsp3) is 0.917. The monoisotopic (exact) mass is 213 g/mol. The molecule has 3 heteroatoms. The summed E-state index contributed by atoms with van der Waals surface area (Å²) in [4.78, 5) is 13.9. The van der Waals surface area contributed by atoms with Gasteiger partial charge in [0.15, 0.2) is 0 Å². The molecule has 3 nitrogen and oxygen atoms in total. The molecule has 2 unspecified atom stereocenters. The molecule has 0 spiro atoms. The van der Waals surface area contributed by atoms with E-state index in [9.17, 15) is 4.79 Å². The second kappa shape index (κ2) is 4.42. The molecule has 0 N–H and O–H groups in total. The van der Waals surface area contributed by atoms with Gasteiger partial charge in [-0.1, -0.05) is 6.92 Å². The highest BCUT2D eigenvalue weighted by atomic mass is 16.6. The van der Waals surface area contributed by atoms with E-state index in [-0.39, 0.29) is 6.09 Å². The Labute approximate surface area is 92.8 Å². The standard InChI is InChI=1S/C12H23NO2/c1-6-10-8-7-9(2)13(10)11(14)15-12(3,4)5/h9-10H,6-8H2,1-5H3. The van der Waals surface area contributed by atoms with Crippen molar-refractivity contribution in [2.24, 2.45) is 0 Å².